The lowest BCUT2D eigenvalue weighted by Gasteiger charge is -2.15. The number of nitrogens with one attached hydrogen (secondary N) is 1. The van der Waals surface area contributed by atoms with E-state index in [-0.39, 0.29) is 12.1 Å². The summed E-state index contributed by atoms with van der Waals surface area (Å²) >= 11 is 6.39. The minimum absolute atomic E-state index is 0.0805. The van der Waals surface area contributed by atoms with Crippen LogP contribution in [0.3, 0.4) is 0 Å². The standard InChI is InChI=1S/C28H18ClF4N3/c29-23-14-6-12-21-24(26(35-36-27(21)23)17-7-2-1-3-8-17)18-9-4-11-20(15-18)34-16-19-10-5-13-22(25(19)30)28(31,32)33/h1-15,34H,16H2. The predicted octanol–water partition coefficient (Wildman–Crippen LogP) is 8.39. The molecule has 1 heterocycles. The van der Waals surface area contributed by atoms with Crippen molar-refractivity contribution in [3.05, 3.63) is 113 Å². The van der Waals surface area contributed by atoms with Crippen LogP contribution in [-0.2, 0) is 12.7 Å². The molecule has 0 aliphatic heterocycles. The lowest BCUT2D eigenvalue weighted by atomic mass is 9.95. The van der Waals surface area contributed by atoms with Crippen LogP contribution in [0.1, 0.15) is 11.1 Å². The average Bonchev–Trinajstić information content (AvgIpc) is 2.87. The maximum absolute atomic E-state index is 14.5. The molecule has 8 heteroatoms. The van der Waals surface area contributed by atoms with E-state index in [1.165, 1.54) is 12.1 Å². The van der Waals surface area contributed by atoms with Gasteiger partial charge in [0.2, 0.25) is 0 Å². The van der Waals surface area contributed by atoms with Gasteiger partial charge in [-0.25, -0.2) is 4.39 Å². The van der Waals surface area contributed by atoms with E-state index in [1.54, 1.807) is 12.1 Å². The van der Waals surface area contributed by atoms with Crippen LogP contribution in [0.4, 0.5) is 23.2 Å². The molecule has 5 rings (SSSR count). The van der Waals surface area contributed by atoms with Crippen molar-refractivity contribution in [3.63, 3.8) is 0 Å². The minimum Gasteiger partial charge on any atom is -0.381 e. The van der Waals surface area contributed by atoms with Crippen LogP contribution in [0.5, 0.6) is 0 Å². The highest BCUT2D eigenvalue weighted by Crippen LogP contribution is 2.38. The highest BCUT2D eigenvalue weighted by molar-refractivity contribution is 6.35. The summed E-state index contributed by atoms with van der Waals surface area (Å²) in [7, 11) is 0. The molecule has 0 radical (unpaired) electrons. The summed E-state index contributed by atoms with van der Waals surface area (Å²) in [6.07, 6.45) is -4.76. The quantitative estimate of drug-likeness (QED) is 0.243. The van der Waals surface area contributed by atoms with E-state index in [0.29, 0.717) is 21.9 Å². The Morgan fingerprint density at radius 2 is 1.50 bits per heavy atom. The summed E-state index contributed by atoms with van der Waals surface area (Å²) in [5, 5.41) is 13.1. The molecule has 0 atom stereocenters. The van der Waals surface area contributed by atoms with E-state index in [2.05, 4.69) is 15.5 Å². The van der Waals surface area contributed by atoms with Gasteiger partial charge in [0.05, 0.1) is 10.6 Å². The molecule has 0 amide bonds. The number of halogens is 5. The van der Waals surface area contributed by atoms with Gasteiger partial charge in [-0.1, -0.05) is 78.3 Å². The molecule has 0 bridgehead atoms. The largest absolute Gasteiger partial charge is 0.419 e. The summed E-state index contributed by atoms with van der Waals surface area (Å²) in [6, 6.07) is 25.7. The monoisotopic (exact) mass is 507 g/mol. The van der Waals surface area contributed by atoms with E-state index < -0.39 is 17.6 Å². The highest BCUT2D eigenvalue weighted by atomic mass is 35.5. The number of nitrogens with zero attached hydrogens (tertiary/aromatic N) is 2. The number of hydrogen-bond acceptors (Lipinski definition) is 3. The molecular formula is C28H18ClF4N3. The van der Waals surface area contributed by atoms with Crippen LogP contribution in [0.15, 0.2) is 91.0 Å². The lowest BCUT2D eigenvalue weighted by molar-refractivity contribution is -0.140. The van der Waals surface area contributed by atoms with Crippen molar-refractivity contribution >= 4 is 28.2 Å². The van der Waals surface area contributed by atoms with Gasteiger partial charge >= 0.3 is 6.18 Å². The topological polar surface area (TPSA) is 37.8 Å². The zero-order chi connectivity index (χ0) is 25.3. The smallest absolute Gasteiger partial charge is 0.381 e. The summed E-state index contributed by atoms with van der Waals surface area (Å²) in [5.74, 6) is -1.28. The molecule has 4 aromatic carbocycles. The zero-order valence-electron chi connectivity index (χ0n) is 18.7. The second-order valence-electron chi connectivity index (χ2n) is 8.14. The van der Waals surface area contributed by atoms with Gasteiger partial charge in [0.25, 0.3) is 0 Å². The van der Waals surface area contributed by atoms with Crippen LogP contribution in [-0.4, -0.2) is 10.2 Å². The first-order chi connectivity index (χ1) is 17.3. The maximum Gasteiger partial charge on any atom is 0.419 e. The molecule has 36 heavy (non-hydrogen) atoms. The molecular weight excluding hydrogens is 490 g/mol. The fraction of sp³-hybridized carbons (Fsp3) is 0.0714. The molecule has 0 fully saturated rings. The summed E-state index contributed by atoms with van der Waals surface area (Å²) in [4.78, 5) is 0. The first-order valence-corrected chi connectivity index (χ1v) is 11.4. The minimum atomic E-state index is -4.76. The van der Waals surface area contributed by atoms with Crippen LogP contribution in [0.25, 0.3) is 33.3 Å². The van der Waals surface area contributed by atoms with E-state index in [4.69, 9.17) is 11.6 Å². The molecule has 1 N–H and O–H groups in total. The van der Waals surface area contributed by atoms with Gasteiger partial charge in [0, 0.05) is 34.3 Å². The van der Waals surface area contributed by atoms with Gasteiger partial charge in [-0.2, -0.15) is 13.2 Å². The highest BCUT2D eigenvalue weighted by Gasteiger charge is 2.34. The Bertz CT molecular complexity index is 1550. The van der Waals surface area contributed by atoms with E-state index in [0.717, 1.165) is 28.1 Å². The van der Waals surface area contributed by atoms with Crippen LogP contribution >= 0.6 is 11.6 Å². The van der Waals surface area contributed by atoms with Gasteiger partial charge < -0.3 is 5.32 Å². The zero-order valence-corrected chi connectivity index (χ0v) is 19.4. The van der Waals surface area contributed by atoms with Crippen molar-refractivity contribution in [1.29, 1.82) is 0 Å². The Hall–Kier alpha value is -3.97. The normalized spacial score (nSPS) is 11.6. The van der Waals surface area contributed by atoms with Gasteiger partial charge in [-0.3, -0.25) is 0 Å². The summed E-state index contributed by atoms with van der Waals surface area (Å²) in [6.45, 7) is -0.119. The van der Waals surface area contributed by atoms with Gasteiger partial charge in [-0.15, -0.1) is 10.2 Å². The second kappa shape index (κ2) is 9.59. The molecule has 0 unspecified atom stereocenters. The molecule has 0 aliphatic carbocycles. The molecule has 180 valence electrons. The van der Waals surface area contributed by atoms with E-state index in [1.807, 2.05) is 60.7 Å². The van der Waals surface area contributed by atoms with Crippen molar-refractivity contribution in [3.8, 4) is 22.4 Å². The second-order valence-corrected chi connectivity index (χ2v) is 8.54. The van der Waals surface area contributed by atoms with Crippen molar-refractivity contribution < 1.29 is 17.6 Å². The van der Waals surface area contributed by atoms with E-state index in [9.17, 15) is 17.6 Å². The van der Waals surface area contributed by atoms with Crippen molar-refractivity contribution in [2.24, 2.45) is 0 Å². The van der Waals surface area contributed by atoms with Gasteiger partial charge in [0.15, 0.2) is 0 Å². The number of aromatic nitrogens is 2. The molecule has 0 aliphatic rings. The number of benzene rings is 4. The summed E-state index contributed by atoms with van der Waals surface area (Å²) in [5.41, 5.74) is 2.93. The fourth-order valence-corrected chi connectivity index (χ4v) is 4.32. The third-order valence-electron chi connectivity index (χ3n) is 5.81. The average molecular weight is 508 g/mol. The number of alkyl halides is 3. The number of hydrogen-bond donors (Lipinski definition) is 1. The third-order valence-corrected chi connectivity index (χ3v) is 6.11. The Labute approximate surface area is 209 Å². The van der Waals surface area contributed by atoms with E-state index >= 15 is 0 Å². The lowest BCUT2D eigenvalue weighted by Crippen LogP contribution is -2.11. The van der Waals surface area contributed by atoms with Crippen molar-refractivity contribution in [1.82, 2.24) is 10.2 Å². The Kier molecular flexibility index (Phi) is 6.33. The van der Waals surface area contributed by atoms with Crippen molar-refractivity contribution in [2.75, 3.05) is 5.32 Å². The molecule has 1 aromatic heterocycles. The summed E-state index contributed by atoms with van der Waals surface area (Å²) < 4.78 is 53.7. The van der Waals surface area contributed by atoms with Gasteiger partial charge in [-0.05, 0) is 29.8 Å². The molecule has 3 nitrogen and oxygen atoms in total. The number of anilines is 1. The SMILES string of the molecule is Fc1c(CNc2cccc(-c3c(-c4ccccc4)nnc4c(Cl)cccc34)c2)cccc1C(F)(F)F. The first kappa shape index (κ1) is 23.8. The first-order valence-electron chi connectivity index (χ1n) is 11.0. The predicted molar refractivity (Wildman–Crippen MR) is 134 cm³/mol. The Morgan fingerprint density at radius 3 is 2.28 bits per heavy atom. The Balaban J connectivity index is 1.56. The number of rotatable bonds is 5. The fourth-order valence-electron chi connectivity index (χ4n) is 4.10. The Morgan fingerprint density at radius 1 is 0.778 bits per heavy atom. The maximum atomic E-state index is 14.5. The van der Waals surface area contributed by atoms with Crippen LogP contribution in [0.2, 0.25) is 5.02 Å². The van der Waals surface area contributed by atoms with Crippen LogP contribution < -0.4 is 5.32 Å². The van der Waals surface area contributed by atoms with Crippen LogP contribution in [0, 0.1) is 5.82 Å². The molecule has 5 aromatic rings. The molecule has 0 saturated carbocycles. The molecule has 0 spiro atoms. The van der Waals surface area contributed by atoms with Crippen molar-refractivity contribution in [2.45, 2.75) is 12.7 Å². The molecule has 0 saturated heterocycles. The van der Waals surface area contributed by atoms with Gasteiger partial charge in [0.1, 0.15) is 17.0 Å². The third kappa shape index (κ3) is 4.62. The number of fused-ring (bicyclic) bond motifs is 1.